The molecule has 0 aliphatic carbocycles. The Bertz CT molecular complexity index is 887. The van der Waals surface area contributed by atoms with Crippen molar-refractivity contribution in [3.05, 3.63) is 47.4 Å². The first-order valence-electron chi connectivity index (χ1n) is 8.69. The highest BCUT2D eigenvalue weighted by Crippen LogP contribution is 2.29. The highest BCUT2D eigenvalue weighted by Gasteiger charge is 2.28. The van der Waals surface area contributed by atoms with Crippen molar-refractivity contribution >= 4 is 11.9 Å². The van der Waals surface area contributed by atoms with E-state index in [1.54, 1.807) is 20.1 Å². The summed E-state index contributed by atoms with van der Waals surface area (Å²) in [6.45, 7) is 3.81. The summed E-state index contributed by atoms with van der Waals surface area (Å²) in [6, 6.07) is 8.63. The molecule has 1 aromatic heterocycles. The summed E-state index contributed by atoms with van der Waals surface area (Å²) in [5.74, 6) is 0.947. The molecule has 0 saturated carbocycles. The molecule has 0 saturated heterocycles. The van der Waals surface area contributed by atoms with Crippen molar-refractivity contribution in [2.24, 2.45) is 0 Å². The van der Waals surface area contributed by atoms with Crippen molar-refractivity contribution in [1.82, 2.24) is 21.1 Å². The van der Waals surface area contributed by atoms with Crippen molar-refractivity contribution in [2.75, 3.05) is 7.11 Å². The van der Waals surface area contributed by atoms with E-state index < -0.39 is 0 Å². The Kier molecular flexibility index (Phi) is 5.44. The molecular formula is C19H22N4O4. The van der Waals surface area contributed by atoms with E-state index in [0.29, 0.717) is 34.9 Å². The maximum atomic E-state index is 12.6. The number of rotatable bonds is 6. The first kappa shape index (κ1) is 18.5. The van der Waals surface area contributed by atoms with Gasteiger partial charge < -0.3 is 25.2 Å². The van der Waals surface area contributed by atoms with Crippen LogP contribution in [0.2, 0.25) is 0 Å². The second-order valence-corrected chi connectivity index (χ2v) is 6.16. The maximum absolute atomic E-state index is 12.6. The molecule has 3 N–H and O–H groups in total. The molecule has 0 unspecified atom stereocenters. The highest BCUT2D eigenvalue weighted by atomic mass is 16.5. The van der Waals surface area contributed by atoms with E-state index in [9.17, 15) is 9.59 Å². The number of hydrogen-bond acceptors (Lipinski definition) is 5. The minimum Gasteiger partial charge on any atom is -0.496 e. The second kappa shape index (κ2) is 7.94. The number of ether oxygens (including phenoxy) is 1. The van der Waals surface area contributed by atoms with Gasteiger partial charge in [-0.1, -0.05) is 24.2 Å². The summed E-state index contributed by atoms with van der Waals surface area (Å²) in [6.07, 6.45) is 0.619. The van der Waals surface area contributed by atoms with Crippen LogP contribution in [-0.4, -0.2) is 30.2 Å². The minimum absolute atomic E-state index is 0.183. The Morgan fingerprint density at radius 2 is 2.15 bits per heavy atom. The van der Waals surface area contributed by atoms with Gasteiger partial charge in [-0.2, -0.15) is 0 Å². The van der Waals surface area contributed by atoms with E-state index in [0.717, 1.165) is 5.56 Å². The molecule has 0 radical (unpaired) electrons. The molecule has 3 amide bonds. The zero-order valence-electron chi connectivity index (χ0n) is 15.5. The van der Waals surface area contributed by atoms with Crippen LogP contribution in [-0.2, 0) is 11.3 Å². The summed E-state index contributed by atoms with van der Waals surface area (Å²) in [5, 5.41) is 12.2. The summed E-state index contributed by atoms with van der Waals surface area (Å²) in [7, 11) is 1.59. The summed E-state index contributed by atoms with van der Waals surface area (Å²) in [5.41, 5.74) is 2.51. The summed E-state index contributed by atoms with van der Waals surface area (Å²) < 4.78 is 10.7. The van der Waals surface area contributed by atoms with Gasteiger partial charge in [0.2, 0.25) is 0 Å². The Morgan fingerprint density at radius 3 is 2.89 bits per heavy atom. The van der Waals surface area contributed by atoms with Crippen molar-refractivity contribution in [3.8, 4) is 17.0 Å². The number of para-hydroxylation sites is 1. The minimum atomic E-state index is -0.322. The average Bonchev–Trinajstić information content (AvgIpc) is 3.14. The third-order valence-electron chi connectivity index (χ3n) is 4.38. The first-order valence-corrected chi connectivity index (χ1v) is 8.69. The predicted octanol–water partition coefficient (Wildman–Crippen LogP) is 2.33. The van der Waals surface area contributed by atoms with Crippen LogP contribution in [0.4, 0.5) is 4.79 Å². The largest absolute Gasteiger partial charge is 0.496 e. The molecule has 142 valence electrons. The molecule has 8 nitrogen and oxygen atoms in total. The lowest BCUT2D eigenvalue weighted by molar-refractivity contribution is -0.118. The van der Waals surface area contributed by atoms with Gasteiger partial charge in [-0.05, 0) is 25.5 Å². The van der Waals surface area contributed by atoms with Gasteiger partial charge in [0.15, 0.2) is 5.76 Å². The molecule has 0 fully saturated rings. The van der Waals surface area contributed by atoms with Crippen molar-refractivity contribution in [3.63, 3.8) is 0 Å². The highest BCUT2D eigenvalue weighted by molar-refractivity contribution is 5.98. The van der Waals surface area contributed by atoms with Gasteiger partial charge in [0.05, 0.1) is 25.3 Å². The van der Waals surface area contributed by atoms with Crippen LogP contribution >= 0.6 is 0 Å². The van der Waals surface area contributed by atoms with E-state index in [-0.39, 0.29) is 24.5 Å². The predicted molar refractivity (Wildman–Crippen MR) is 98.8 cm³/mol. The Hall–Kier alpha value is -3.29. The number of aromatic nitrogens is 1. The SMILES string of the molecule is CC[C@@H]1NC(=O)NC(C)=C1C(=O)NCc1cc(-c2ccccc2OC)no1. The Balaban J connectivity index is 1.71. The molecule has 27 heavy (non-hydrogen) atoms. The summed E-state index contributed by atoms with van der Waals surface area (Å²) in [4.78, 5) is 24.2. The number of carbonyl (C=O) groups is 2. The fourth-order valence-corrected chi connectivity index (χ4v) is 3.04. The van der Waals surface area contributed by atoms with Crippen LogP contribution in [0.25, 0.3) is 11.3 Å². The number of nitrogens with one attached hydrogen (secondary N) is 3. The molecule has 2 heterocycles. The number of methoxy groups -OCH3 is 1. The first-order chi connectivity index (χ1) is 13.0. The second-order valence-electron chi connectivity index (χ2n) is 6.16. The summed E-state index contributed by atoms with van der Waals surface area (Å²) >= 11 is 0. The van der Waals surface area contributed by atoms with Crippen LogP contribution in [0.1, 0.15) is 26.0 Å². The van der Waals surface area contributed by atoms with Gasteiger partial charge in [0.25, 0.3) is 5.91 Å². The van der Waals surface area contributed by atoms with Crippen LogP contribution < -0.4 is 20.7 Å². The number of hydrogen-bond donors (Lipinski definition) is 3. The number of benzene rings is 1. The maximum Gasteiger partial charge on any atom is 0.319 e. The molecule has 8 heteroatoms. The van der Waals surface area contributed by atoms with Gasteiger partial charge in [0, 0.05) is 17.3 Å². The fourth-order valence-electron chi connectivity index (χ4n) is 3.04. The molecule has 2 aromatic rings. The van der Waals surface area contributed by atoms with Gasteiger partial charge in [-0.3, -0.25) is 4.79 Å². The number of amides is 3. The molecule has 1 aliphatic rings. The van der Waals surface area contributed by atoms with Crippen LogP contribution in [0.15, 0.2) is 46.1 Å². The normalized spacial score (nSPS) is 16.6. The van der Waals surface area contributed by atoms with Crippen molar-refractivity contribution in [1.29, 1.82) is 0 Å². The van der Waals surface area contributed by atoms with E-state index in [1.807, 2.05) is 31.2 Å². The molecule has 0 spiro atoms. The topological polar surface area (TPSA) is 105 Å². The lowest BCUT2D eigenvalue weighted by Crippen LogP contribution is -2.51. The van der Waals surface area contributed by atoms with Crippen LogP contribution in [0.5, 0.6) is 5.75 Å². The van der Waals surface area contributed by atoms with E-state index in [4.69, 9.17) is 9.26 Å². The fraction of sp³-hybridized carbons (Fsp3) is 0.316. The van der Waals surface area contributed by atoms with E-state index in [1.165, 1.54) is 0 Å². The zero-order chi connectivity index (χ0) is 19.4. The number of nitrogens with zero attached hydrogens (tertiary/aromatic N) is 1. The lowest BCUT2D eigenvalue weighted by atomic mass is 10.00. The standard InChI is InChI=1S/C19H22N4O4/c1-4-14-17(11(2)21-19(25)22-14)18(24)20-10-12-9-15(23-27-12)13-7-5-6-8-16(13)26-3/h5-9,14H,4,10H2,1-3H3,(H,20,24)(H2,21,22,25)/t14-/m0/s1. The van der Waals surface area contributed by atoms with Gasteiger partial charge in [-0.25, -0.2) is 4.79 Å². The Labute approximate surface area is 156 Å². The quantitative estimate of drug-likeness (QED) is 0.724. The lowest BCUT2D eigenvalue weighted by Gasteiger charge is -2.27. The molecule has 1 aliphatic heterocycles. The molecule has 1 aromatic carbocycles. The Morgan fingerprint density at radius 1 is 1.37 bits per heavy atom. The van der Waals surface area contributed by atoms with Gasteiger partial charge >= 0.3 is 6.03 Å². The van der Waals surface area contributed by atoms with Crippen LogP contribution in [0.3, 0.4) is 0 Å². The van der Waals surface area contributed by atoms with Crippen LogP contribution in [0, 0.1) is 0 Å². The third-order valence-corrected chi connectivity index (χ3v) is 4.38. The van der Waals surface area contributed by atoms with Gasteiger partial charge in [0.1, 0.15) is 11.4 Å². The van der Waals surface area contributed by atoms with Crippen molar-refractivity contribution < 1.29 is 18.8 Å². The van der Waals surface area contributed by atoms with E-state index >= 15 is 0 Å². The third kappa shape index (κ3) is 3.94. The molecule has 0 bridgehead atoms. The average molecular weight is 370 g/mol. The van der Waals surface area contributed by atoms with Crippen molar-refractivity contribution in [2.45, 2.75) is 32.9 Å². The smallest absolute Gasteiger partial charge is 0.319 e. The molecule has 1 atom stereocenters. The zero-order valence-corrected chi connectivity index (χ0v) is 15.5. The number of carbonyl (C=O) groups excluding carboxylic acids is 2. The number of urea groups is 1. The van der Waals surface area contributed by atoms with E-state index in [2.05, 4.69) is 21.1 Å². The molecular weight excluding hydrogens is 348 g/mol. The molecule has 3 rings (SSSR count). The van der Waals surface area contributed by atoms with Gasteiger partial charge in [-0.15, -0.1) is 0 Å². The number of allylic oxidation sites excluding steroid dienone is 1. The monoisotopic (exact) mass is 370 g/mol.